The van der Waals surface area contributed by atoms with Crippen molar-refractivity contribution in [1.82, 2.24) is 10.2 Å². The molecule has 0 radical (unpaired) electrons. The molecule has 1 N–H and O–H groups in total. The lowest BCUT2D eigenvalue weighted by Gasteiger charge is -2.30. The predicted molar refractivity (Wildman–Crippen MR) is 89.6 cm³/mol. The summed E-state index contributed by atoms with van der Waals surface area (Å²) >= 11 is 0. The van der Waals surface area contributed by atoms with Crippen molar-refractivity contribution in [2.24, 2.45) is 5.92 Å². The zero-order chi connectivity index (χ0) is 17.4. The number of carbonyl (C=O) groups is 2. The summed E-state index contributed by atoms with van der Waals surface area (Å²) in [6.45, 7) is 3.42. The Labute approximate surface area is 143 Å². The van der Waals surface area contributed by atoms with Crippen molar-refractivity contribution in [2.45, 2.75) is 57.9 Å². The number of ether oxygens (including phenoxy) is 1. The smallest absolute Gasteiger partial charge is 0.310 e. The number of rotatable bonds is 5. The van der Waals surface area contributed by atoms with E-state index in [2.05, 4.69) is 5.32 Å². The van der Waals surface area contributed by atoms with E-state index in [0.29, 0.717) is 13.2 Å². The highest BCUT2D eigenvalue weighted by Crippen LogP contribution is 2.20. The first-order chi connectivity index (χ1) is 11.6. The van der Waals surface area contributed by atoms with Gasteiger partial charge in [-0.05, 0) is 32.6 Å². The number of nitrogens with one attached hydrogen (secondary N) is 1. The van der Waals surface area contributed by atoms with Gasteiger partial charge in [-0.25, -0.2) is 0 Å². The molecular formula is C18H27N3O3. The van der Waals surface area contributed by atoms with Crippen LogP contribution in [0.15, 0.2) is 11.8 Å². The average Bonchev–Trinajstić information content (AvgIpc) is 2.61. The van der Waals surface area contributed by atoms with Crippen LogP contribution >= 0.6 is 0 Å². The zero-order valence-electron chi connectivity index (χ0n) is 14.4. The summed E-state index contributed by atoms with van der Waals surface area (Å²) in [5, 5.41) is 12.3. The molecule has 1 unspecified atom stereocenters. The maximum absolute atomic E-state index is 12.3. The van der Waals surface area contributed by atoms with Crippen LogP contribution in [-0.2, 0) is 14.3 Å². The molecule has 1 amide bonds. The third kappa shape index (κ3) is 5.26. The van der Waals surface area contributed by atoms with Crippen molar-refractivity contribution in [3.8, 4) is 6.07 Å². The summed E-state index contributed by atoms with van der Waals surface area (Å²) in [7, 11) is 0. The van der Waals surface area contributed by atoms with Gasteiger partial charge in [0.2, 0.25) is 0 Å². The first-order valence-electron chi connectivity index (χ1n) is 8.97. The van der Waals surface area contributed by atoms with E-state index < -0.39 is 0 Å². The van der Waals surface area contributed by atoms with Gasteiger partial charge < -0.3 is 15.0 Å². The quantitative estimate of drug-likeness (QED) is 0.473. The SMILES string of the molecule is CCOC(=O)C1CCCN(/C=C(/C#N)C(=O)NC2CCCCC2)C1. The van der Waals surface area contributed by atoms with Crippen LogP contribution in [0.5, 0.6) is 0 Å². The lowest BCUT2D eigenvalue weighted by molar-refractivity contribution is -0.149. The number of nitrogens with zero attached hydrogens (tertiary/aromatic N) is 2. The fourth-order valence-electron chi connectivity index (χ4n) is 3.41. The maximum Gasteiger partial charge on any atom is 0.310 e. The third-order valence-electron chi connectivity index (χ3n) is 4.69. The Hall–Kier alpha value is -2.03. The van der Waals surface area contributed by atoms with Gasteiger partial charge in [-0.1, -0.05) is 19.3 Å². The number of amides is 1. The molecule has 2 rings (SSSR count). The molecule has 1 saturated heterocycles. The number of nitriles is 1. The predicted octanol–water partition coefficient (Wildman–Crippen LogP) is 2.12. The van der Waals surface area contributed by atoms with E-state index in [4.69, 9.17) is 4.74 Å². The molecular weight excluding hydrogens is 306 g/mol. The van der Waals surface area contributed by atoms with Gasteiger partial charge in [-0.3, -0.25) is 9.59 Å². The van der Waals surface area contributed by atoms with Crippen LogP contribution in [0.4, 0.5) is 0 Å². The first-order valence-corrected chi connectivity index (χ1v) is 8.97. The number of piperidine rings is 1. The second-order valence-corrected chi connectivity index (χ2v) is 6.55. The van der Waals surface area contributed by atoms with Gasteiger partial charge in [0.05, 0.1) is 12.5 Å². The summed E-state index contributed by atoms with van der Waals surface area (Å²) in [5.41, 5.74) is 0.116. The van der Waals surface area contributed by atoms with E-state index in [1.54, 1.807) is 13.1 Å². The van der Waals surface area contributed by atoms with Gasteiger partial charge in [0.25, 0.3) is 5.91 Å². The Morgan fingerprint density at radius 2 is 2.00 bits per heavy atom. The lowest BCUT2D eigenvalue weighted by Crippen LogP contribution is -2.39. The van der Waals surface area contributed by atoms with Crippen molar-refractivity contribution < 1.29 is 14.3 Å². The molecule has 1 saturated carbocycles. The van der Waals surface area contributed by atoms with Gasteiger partial charge in [0, 0.05) is 25.3 Å². The van der Waals surface area contributed by atoms with Crippen molar-refractivity contribution >= 4 is 11.9 Å². The Morgan fingerprint density at radius 3 is 2.67 bits per heavy atom. The topological polar surface area (TPSA) is 82.4 Å². The number of esters is 1. The Bertz CT molecular complexity index is 518. The zero-order valence-corrected chi connectivity index (χ0v) is 14.4. The third-order valence-corrected chi connectivity index (χ3v) is 4.69. The molecule has 1 heterocycles. The molecule has 0 aromatic carbocycles. The van der Waals surface area contributed by atoms with Gasteiger partial charge in [-0.2, -0.15) is 5.26 Å². The number of hydrogen-bond acceptors (Lipinski definition) is 5. The van der Waals surface area contributed by atoms with E-state index in [9.17, 15) is 14.9 Å². The van der Waals surface area contributed by atoms with Crippen molar-refractivity contribution in [3.05, 3.63) is 11.8 Å². The minimum absolute atomic E-state index is 0.116. The number of hydrogen-bond donors (Lipinski definition) is 1. The van der Waals surface area contributed by atoms with Crippen LogP contribution in [0.2, 0.25) is 0 Å². The second kappa shape index (κ2) is 9.31. The highest BCUT2D eigenvalue weighted by molar-refractivity contribution is 5.97. The molecule has 6 heteroatoms. The molecule has 24 heavy (non-hydrogen) atoms. The summed E-state index contributed by atoms with van der Waals surface area (Å²) in [6, 6.07) is 2.18. The van der Waals surface area contributed by atoms with E-state index in [1.165, 1.54) is 6.42 Å². The van der Waals surface area contributed by atoms with Crippen LogP contribution in [0, 0.1) is 17.2 Å². The minimum atomic E-state index is -0.303. The molecule has 0 aromatic rings. The highest BCUT2D eigenvalue weighted by atomic mass is 16.5. The monoisotopic (exact) mass is 333 g/mol. The van der Waals surface area contributed by atoms with Crippen LogP contribution in [-0.4, -0.2) is 42.5 Å². The molecule has 2 fully saturated rings. The summed E-state index contributed by atoms with van der Waals surface area (Å²) in [4.78, 5) is 26.1. The van der Waals surface area contributed by atoms with E-state index >= 15 is 0 Å². The summed E-state index contributed by atoms with van der Waals surface area (Å²) in [5.74, 6) is -0.681. The van der Waals surface area contributed by atoms with Crippen molar-refractivity contribution in [3.63, 3.8) is 0 Å². The van der Waals surface area contributed by atoms with Crippen LogP contribution in [0.1, 0.15) is 51.9 Å². The molecule has 0 bridgehead atoms. The number of likely N-dealkylation sites (tertiary alicyclic amines) is 1. The van der Waals surface area contributed by atoms with Crippen molar-refractivity contribution in [2.75, 3.05) is 19.7 Å². The summed E-state index contributed by atoms with van der Waals surface area (Å²) < 4.78 is 5.08. The Morgan fingerprint density at radius 1 is 1.25 bits per heavy atom. The molecule has 132 valence electrons. The van der Waals surface area contributed by atoms with Crippen LogP contribution in [0.25, 0.3) is 0 Å². The van der Waals surface area contributed by atoms with Crippen LogP contribution < -0.4 is 5.32 Å². The molecule has 0 spiro atoms. The van der Waals surface area contributed by atoms with Gasteiger partial charge in [-0.15, -0.1) is 0 Å². The molecule has 1 aliphatic heterocycles. The second-order valence-electron chi connectivity index (χ2n) is 6.55. The Kier molecular flexibility index (Phi) is 7.10. The molecule has 1 aliphatic carbocycles. The molecule has 2 aliphatic rings. The molecule has 0 aromatic heterocycles. The highest BCUT2D eigenvalue weighted by Gasteiger charge is 2.26. The average molecular weight is 333 g/mol. The number of carbonyl (C=O) groups excluding carboxylic acids is 2. The van der Waals surface area contributed by atoms with E-state index in [1.807, 2.05) is 11.0 Å². The lowest BCUT2D eigenvalue weighted by atomic mass is 9.95. The largest absolute Gasteiger partial charge is 0.466 e. The van der Waals surface area contributed by atoms with Gasteiger partial charge in [0.1, 0.15) is 11.6 Å². The fraction of sp³-hybridized carbons (Fsp3) is 0.722. The van der Waals surface area contributed by atoms with Gasteiger partial charge in [0.15, 0.2) is 0 Å². The molecule has 6 nitrogen and oxygen atoms in total. The normalized spacial score (nSPS) is 22.6. The fourth-order valence-corrected chi connectivity index (χ4v) is 3.41. The van der Waals surface area contributed by atoms with E-state index in [0.717, 1.165) is 45.1 Å². The van der Waals surface area contributed by atoms with Crippen molar-refractivity contribution in [1.29, 1.82) is 5.26 Å². The van der Waals surface area contributed by atoms with Crippen LogP contribution in [0.3, 0.4) is 0 Å². The molecule has 1 atom stereocenters. The van der Waals surface area contributed by atoms with Gasteiger partial charge >= 0.3 is 5.97 Å². The van der Waals surface area contributed by atoms with E-state index in [-0.39, 0.29) is 29.4 Å². The standard InChI is InChI=1S/C18H27N3O3/c1-2-24-18(23)14-7-6-10-21(12-14)13-15(11-19)17(22)20-16-8-4-3-5-9-16/h13-14,16H,2-10,12H2,1H3,(H,20,22)/b15-13-. The maximum atomic E-state index is 12.3. The Balaban J connectivity index is 1.94. The minimum Gasteiger partial charge on any atom is -0.466 e. The summed E-state index contributed by atoms with van der Waals surface area (Å²) in [6.07, 6.45) is 8.69. The first kappa shape index (κ1) is 18.3.